The van der Waals surface area contributed by atoms with Crippen LogP contribution in [0.2, 0.25) is 0 Å². The Hall–Kier alpha value is -2.18. The van der Waals surface area contributed by atoms with E-state index in [-0.39, 0.29) is 0 Å². The smallest absolute Gasteiger partial charge is 0.370 e. The number of nitrogens with zero attached hydrogens (tertiary/aromatic N) is 1. The van der Waals surface area contributed by atoms with Crippen LogP contribution in [0.5, 0.6) is 0 Å². The van der Waals surface area contributed by atoms with E-state index in [0.29, 0.717) is 12.2 Å². The van der Waals surface area contributed by atoms with E-state index in [1.54, 1.807) is 0 Å². The highest BCUT2D eigenvalue weighted by Gasteiger charge is 2.15. The predicted octanol–water partition coefficient (Wildman–Crippen LogP) is 0.262. The minimum Gasteiger partial charge on any atom is -0.502 e. The summed E-state index contributed by atoms with van der Waals surface area (Å²) in [6.45, 7) is 0.959. The Kier molecular flexibility index (Phi) is 4.01. The molecule has 0 saturated carbocycles. The fourth-order valence-corrected chi connectivity index (χ4v) is 0.536. The lowest BCUT2D eigenvalue weighted by molar-refractivity contribution is -0.418. The summed E-state index contributed by atoms with van der Waals surface area (Å²) in [6, 6.07) is 0. The lowest BCUT2D eigenvalue weighted by Crippen LogP contribution is -2.07. The normalized spacial score (nSPS) is 12.4. The fraction of sp³-hybridized carbons (Fsp3) is 0.143. The molecule has 0 amide bonds. The van der Waals surface area contributed by atoms with Gasteiger partial charge in [0, 0.05) is 13.0 Å². The molecule has 0 radical (unpaired) electrons. The first kappa shape index (κ1) is 11.8. The number of ketones is 1. The number of aliphatic hydroxyl groups is 1. The molecule has 0 aliphatic heterocycles. The number of allylic oxidation sites excluding steroid dienone is 3. The molecule has 0 saturated heterocycles. The number of carboxylic acids is 1. The van der Waals surface area contributed by atoms with E-state index in [1.807, 2.05) is 0 Å². The summed E-state index contributed by atoms with van der Waals surface area (Å²) < 4.78 is 0. The largest absolute Gasteiger partial charge is 0.502 e. The summed E-state index contributed by atoms with van der Waals surface area (Å²) in [7, 11) is 0. The molecule has 0 atom stereocenters. The van der Waals surface area contributed by atoms with Crippen LogP contribution < -0.4 is 0 Å². The summed E-state index contributed by atoms with van der Waals surface area (Å²) in [6.07, 6.45) is 1.20. The zero-order chi connectivity index (χ0) is 11.3. The van der Waals surface area contributed by atoms with Crippen molar-refractivity contribution in [3.63, 3.8) is 0 Å². The molecule has 0 heterocycles. The lowest BCUT2D eigenvalue weighted by atomic mass is 10.3. The quantitative estimate of drug-likeness (QED) is 0.221. The molecular formula is C7H7NO6. The van der Waals surface area contributed by atoms with Gasteiger partial charge in [-0.05, 0) is 6.08 Å². The Balaban J connectivity index is 4.96. The molecule has 0 aromatic carbocycles. The molecule has 0 fully saturated rings. The number of hydrogen-bond donors (Lipinski definition) is 2. The number of Topliss-reactive ketones (excluding diaryl/α,β-unsaturated/α-hetero) is 1. The van der Waals surface area contributed by atoms with Gasteiger partial charge in [-0.25, -0.2) is 4.79 Å². The van der Waals surface area contributed by atoms with Crippen LogP contribution in [0.1, 0.15) is 6.92 Å². The van der Waals surface area contributed by atoms with Gasteiger partial charge in [-0.1, -0.05) is 0 Å². The van der Waals surface area contributed by atoms with E-state index < -0.39 is 28.1 Å². The van der Waals surface area contributed by atoms with Gasteiger partial charge in [-0.3, -0.25) is 14.9 Å². The molecule has 0 bridgehead atoms. The van der Waals surface area contributed by atoms with Crippen molar-refractivity contribution in [2.24, 2.45) is 0 Å². The van der Waals surface area contributed by atoms with E-state index >= 15 is 0 Å². The van der Waals surface area contributed by atoms with E-state index in [4.69, 9.17) is 10.2 Å². The van der Waals surface area contributed by atoms with Gasteiger partial charge in [0.1, 0.15) is 0 Å². The van der Waals surface area contributed by atoms with Gasteiger partial charge < -0.3 is 10.2 Å². The second kappa shape index (κ2) is 4.75. The number of hydrogen-bond acceptors (Lipinski definition) is 5. The van der Waals surface area contributed by atoms with E-state index in [2.05, 4.69) is 0 Å². The van der Waals surface area contributed by atoms with Crippen molar-refractivity contribution in [3.05, 3.63) is 33.7 Å². The van der Waals surface area contributed by atoms with E-state index in [9.17, 15) is 19.7 Å². The average Bonchev–Trinajstić information content (AvgIpc) is 2.02. The molecule has 0 rings (SSSR count). The van der Waals surface area contributed by atoms with Crippen LogP contribution in [0.3, 0.4) is 0 Å². The van der Waals surface area contributed by atoms with Crippen LogP contribution >= 0.6 is 0 Å². The van der Waals surface area contributed by atoms with Crippen molar-refractivity contribution in [1.82, 2.24) is 0 Å². The van der Waals surface area contributed by atoms with E-state index in [0.717, 1.165) is 6.92 Å². The van der Waals surface area contributed by atoms with Crippen molar-refractivity contribution in [2.45, 2.75) is 6.92 Å². The molecule has 0 aromatic rings. The number of aliphatic carboxylic acids is 1. The van der Waals surface area contributed by atoms with Gasteiger partial charge in [0.25, 0.3) is 0 Å². The molecule has 0 aliphatic rings. The van der Waals surface area contributed by atoms with E-state index in [1.165, 1.54) is 0 Å². The summed E-state index contributed by atoms with van der Waals surface area (Å²) in [5, 5.41) is 27.0. The Morgan fingerprint density at radius 2 is 1.79 bits per heavy atom. The summed E-state index contributed by atoms with van der Waals surface area (Å²) >= 11 is 0. The minimum atomic E-state index is -1.63. The van der Waals surface area contributed by atoms with Gasteiger partial charge in [0.05, 0.1) is 4.92 Å². The molecular weight excluding hydrogens is 194 g/mol. The maximum absolute atomic E-state index is 10.6. The van der Waals surface area contributed by atoms with Crippen molar-refractivity contribution in [3.8, 4) is 0 Å². The van der Waals surface area contributed by atoms with Crippen LogP contribution in [0.15, 0.2) is 23.6 Å². The van der Waals surface area contributed by atoms with Gasteiger partial charge in [0.2, 0.25) is 11.5 Å². The monoisotopic (exact) mass is 201 g/mol. The molecule has 76 valence electrons. The summed E-state index contributed by atoms with van der Waals surface area (Å²) in [4.78, 5) is 29.9. The first-order valence-corrected chi connectivity index (χ1v) is 3.35. The third-order valence-electron chi connectivity index (χ3n) is 1.18. The van der Waals surface area contributed by atoms with Gasteiger partial charge in [-0.2, -0.15) is 0 Å². The molecule has 7 heteroatoms. The number of carboxylic acid groups (broad SMARTS) is 1. The molecule has 0 spiro atoms. The molecule has 0 aliphatic carbocycles. The van der Waals surface area contributed by atoms with Crippen LogP contribution in [-0.2, 0) is 9.59 Å². The highest BCUT2D eigenvalue weighted by molar-refractivity contribution is 5.91. The van der Waals surface area contributed by atoms with Crippen LogP contribution in [0.25, 0.3) is 0 Å². The molecule has 2 N–H and O–H groups in total. The first-order chi connectivity index (χ1) is 6.36. The highest BCUT2D eigenvalue weighted by Crippen LogP contribution is 1.99. The standard InChI is InChI=1S/C7H7NO6/c1-4(9)5(8(13)14)2-3-6(10)7(11)12/h2-3,10H,1H3,(H,11,12)/b5-2+,6-3+. The van der Waals surface area contributed by atoms with Crippen LogP contribution in [0, 0.1) is 10.1 Å². The highest BCUT2D eigenvalue weighted by atomic mass is 16.6. The SMILES string of the molecule is CC(=O)/C(=C\C=C(\O)C(=O)O)[N+](=O)[O-]. The second-order valence-corrected chi connectivity index (χ2v) is 2.22. The fourth-order valence-electron chi connectivity index (χ4n) is 0.536. The predicted molar refractivity (Wildman–Crippen MR) is 44.1 cm³/mol. The minimum absolute atomic E-state index is 0.571. The summed E-state index contributed by atoms with van der Waals surface area (Å²) in [5.74, 6) is -3.54. The van der Waals surface area contributed by atoms with Crippen molar-refractivity contribution in [2.75, 3.05) is 0 Å². The van der Waals surface area contributed by atoms with Crippen molar-refractivity contribution in [1.29, 1.82) is 0 Å². The zero-order valence-electron chi connectivity index (χ0n) is 7.13. The van der Waals surface area contributed by atoms with Crippen molar-refractivity contribution >= 4 is 11.8 Å². The third kappa shape index (κ3) is 3.48. The second-order valence-electron chi connectivity index (χ2n) is 2.22. The molecule has 14 heavy (non-hydrogen) atoms. The lowest BCUT2D eigenvalue weighted by Gasteiger charge is -1.90. The van der Waals surface area contributed by atoms with Gasteiger partial charge >= 0.3 is 11.7 Å². The molecule has 0 unspecified atom stereocenters. The van der Waals surface area contributed by atoms with Crippen molar-refractivity contribution < 1.29 is 24.7 Å². The molecule has 7 nitrogen and oxygen atoms in total. The first-order valence-electron chi connectivity index (χ1n) is 3.35. The number of aliphatic hydroxyl groups excluding tert-OH is 1. The maximum Gasteiger partial charge on any atom is 0.370 e. The zero-order valence-corrected chi connectivity index (χ0v) is 7.13. The maximum atomic E-state index is 10.6. The topological polar surface area (TPSA) is 118 Å². The molecule has 0 aromatic heterocycles. The average molecular weight is 201 g/mol. The van der Waals surface area contributed by atoms with Gasteiger partial charge in [-0.15, -0.1) is 0 Å². The number of carbonyl (C=O) groups is 2. The van der Waals surface area contributed by atoms with Gasteiger partial charge in [0.15, 0.2) is 0 Å². The Labute approximate surface area is 78.1 Å². The Bertz CT molecular complexity index is 324. The number of nitro groups is 1. The van der Waals surface area contributed by atoms with Crippen LogP contribution in [0.4, 0.5) is 0 Å². The van der Waals surface area contributed by atoms with Crippen LogP contribution in [-0.4, -0.2) is 26.9 Å². The summed E-state index contributed by atoms with van der Waals surface area (Å²) in [5.41, 5.74) is -0.794. The Morgan fingerprint density at radius 3 is 2.07 bits per heavy atom. The Morgan fingerprint density at radius 1 is 1.29 bits per heavy atom. The number of rotatable bonds is 4. The number of carbonyl (C=O) groups excluding carboxylic acids is 1. The third-order valence-corrected chi connectivity index (χ3v) is 1.18.